The van der Waals surface area contributed by atoms with Crippen molar-refractivity contribution < 1.29 is 23.7 Å². The lowest BCUT2D eigenvalue weighted by Gasteiger charge is -2.20. The summed E-state index contributed by atoms with van der Waals surface area (Å²) in [5.41, 5.74) is 1.55. The number of halogens is 1. The Labute approximate surface area is 154 Å². The smallest absolute Gasteiger partial charge is 0.363 e. The van der Waals surface area contributed by atoms with Crippen LogP contribution in [-0.2, 0) is 9.53 Å². The predicted octanol–water partition coefficient (Wildman–Crippen LogP) is 3.46. The van der Waals surface area contributed by atoms with Gasteiger partial charge in [0, 0.05) is 10.6 Å². The van der Waals surface area contributed by atoms with E-state index in [1.54, 1.807) is 49.6 Å². The van der Waals surface area contributed by atoms with Crippen molar-refractivity contribution in [3.8, 4) is 17.2 Å². The summed E-state index contributed by atoms with van der Waals surface area (Å²) < 4.78 is 21.8. The summed E-state index contributed by atoms with van der Waals surface area (Å²) in [6.45, 7) is 0.919. The average Bonchev–Trinajstić information content (AvgIpc) is 3.02. The highest BCUT2D eigenvalue weighted by atomic mass is 35.5. The number of hydrogen-bond donors (Lipinski definition) is 0. The van der Waals surface area contributed by atoms with Gasteiger partial charge in [0.15, 0.2) is 17.2 Å². The number of benzene rings is 2. The number of ether oxygens (including phenoxy) is 4. The van der Waals surface area contributed by atoms with E-state index in [-0.39, 0.29) is 11.6 Å². The summed E-state index contributed by atoms with van der Waals surface area (Å²) >= 11 is 5.88. The van der Waals surface area contributed by atoms with Gasteiger partial charge in [-0.1, -0.05) is 11.6 Å². The summed E-state index contributed by atoms with van der Waals surface area (Å²) in [7, 11) is 1.55. The second kappa shape index (κ2) is 6.72. The molecule has 2 aliphatic heterocycles. The van der Waals surface area contributed by atoms with Crippen LogP contribution in [0.5, 0.6) is 17.2 Å². The van der Waals surface area contributed by atoms with Gasteiger partial charge in [-0.05, 0) is 48.0 Å². The van der Waals surface area contributed by atoms with E-state index in [1.165, 1.54) is 0 Å². The molecule has 0 aromatic heterocycles. The van der Waals surface area contributed by atoms with E-state index >= 15 is 0 Å². The van der Waals surface area contributed by atoms with Gasteiger partial charge in [0.2, 0.25) is 11.6 Å². The van der Waals surface area contributed by atoms with Crippen molar-refractivity contribution >= 4 is 29.5 Å². The Morgan fingerprint density at radius 2 is 1.92 bits per heavy atom. The van der Waals surface area contributed by atoms with Crippen LogP contribution in [0.1, 0.15) is 11.1 Å². The number of methoxy groups -OCH3 is 1. The van der Waals surface area contributed by atoms with Crippen LogP contribution in [0.3, 0.4) is 0 Å². The second-order valence-corrected chi connectivity index (χ2v) is 6.03. The molecule has 0 N–H and O–H groups in total. The molecule has 132 valence electrons. The van der Waals surface area contributed by atoms with Gasteiger partial charge in [-0.25, -0.2) is 9.79 Å². The molecule has 2 aromatic rings. The van der Waals surface area contributed by atoms with Crippen LogP contribution in [0.25, 0.3) is 6.08 Å². The van der Waals surface area contributed by atoms with E-state index in [2.05, 4.69) is 4.99 Å². The largest absolute Gasteiger partial charge is 0.493 e. The number of fused-ring (bicyclic) bond motifs is 1. The fourth-order valence-electron chi connectivity index (χ4n) is 2.66. The molecular weight excluding hydrogens is 358 g/mol. The van der Waals surface area contributed by atoms with Gasteiger partial charge in [-0.2, -0.15) is 0 Å². The van der Waals surface area contributed by atoms with Crippen LogP contribution < -0.4 is 14.2 Å². The number of carbonyl (C=O) groups excluding carboxylic acids is 1. The molecule has 0 bridgehead atoms. The van der Waals surface area contributed by atoms with Crippen LogP contribution in [0, 0.1) is 0 Å². The summed E-state index contributed by atoms with van der Waals surface area (Å²) in [6.07, 6.45) is 1.62. The van der Waals surface area contributed by atoms with E-state index in [1.807, 2.05) is 0 Å². The molecule has 2 heterocycles. The predicted molar refractivity (Wildman–Crippen MR) is 96.0 cm³/mol. The summed E-state index contributed by atoms with van der Waals surface area (Å²) in [5.74, 6) is 1.37. The van der Waals surface area contributed by atoms with E-state index in [0.717, 1.165) is 0 Å². The third-order valence-corrected chi connectivity index (χ3v) is 4.12. The molecule has 0 aliphatic carbocycles. The Morgan fingerprint density at radius 3 is 2.69 bits per heavy atom. The van der Waals surface area contributed by atoms with Gasteiger partial charge in [0.05, 0.1) is 7.11 Å². The van der Waals surface area contributed by atoms with Crippen molar-refractivity contribution in [1.82, 2.24) is 0 Å². The lowest BCUT2D eigenvalue weighted by atomic mass is 10.1. The highest BCUT2D eigenvalue weighted by Gasteiger charge is 2.25. The zero-order valence-corrected chi connectivity index (χ0v) is 14.6. The Bertz CT molecular complexity index is 916. The summed E-state index contributed by atoms with van der Waals surface area (Å²) in [6, 6.07) is 10.4. The number of nitrogens with zero attached hydrogens (tertiary/aromatic N) is 1. The molecule has 0 fully saturated rings. The first-order valence-corrected chi connectivity index (χ1v) is 8.28. The van der Waals surface area contributed by atoms with E-state index in [4.69, 9.17) is 30.5 Å². The molecule has 2 aliphatic rings. The molecule has 0 spiro atoms. The quantitative estimate of drug-likeness (QED) is 0.610. The first-order valence-electron chi connectivity index (χ1n) is 7.90. The first kappa shape index (κ1) is 16.5. The van der Waals surface area contributed by atoms with E-state index < -0.39 is 5.97 Å². The minimum Gasteiger partial charge on any atom is -0.493 e. The number of carbonyl (C=O) groups is 1. The van der Waals surface area contributed by atoms with Crippen LogP contribution in [0.2, 0.25) is 5.02 Å². The molecule has 4 rings (SSSR count). The van der Waals surface area contributed by atoms with Crippen LogP contribution >= 0.6 is 11.6 Å². The van der Waals surface area contributed by atoms with Crippen LogP contribution in [-0.4, -0.2) is 32.2 Å². The van der Waals surface area contributed by atoms with Crippen LogP contribution in [0.15, 0.2) is 47.1 Å². The summed E-state index contributed by atoms with van der Waals surface area (Å²) in [5, 5.41) is 0.595. The molecule has 0 atom stereocenters. The number of cyclic esters (lactones) is 1. The molecule has 26 heavy (non-hydrogen) atoms. The molecular formula is C19H14ClNO5. The maximum Gasteiger partial charge on any atom is 0.363 e. The van der Waals surface area contributed by atoms with Crippen molar-refractivity contribution in [3.63, 3.8) is 0 Å². The standard InChI is InChI=1S/C19H14ClNO5/c1-23-15-9-11(10-16-17(15)25-7-6-24-16)8-14-19(22)26-18(21-14)12-2-4-13(20)5-3-12/h2-5,8-10H,6-7H2,1H3. The van der Waals surface area contributed by atoms with Gasteiger partial charge in [0.25, 0.3) is 0 Å². The van der Waals surface area contributed by atoms with Crippen molar-refractivity contribution in [1.29, 1.82) is 0 Å². The van der Waals surface area contributed by atoms with Gasteiger partial charge in [-0.15, -0.1) is 0 Å². The normalized spacial score (nSPS) is 17.1. The molecule has 0 saturated heterocycles. The topological polar surface area (TPSA) is 66.4 Å². The number of esters is 1. The maximum atomic E-state index is 12.2. The zero-order valence-electron chi connectivity index (χ0n) is 13.8. The highest BCUT2D eigenvalue weighted by molar-refractivity contribution is 6.30. The number of aliphatic imine (C=N–C) groups is 1. The number of hydrogen-bond acceptors (Lipinski definition) is 6. The Hall–Kier alpha value is -2.99. The molecule has 6 nitrogen and oxygen atoms in total. The zero-order chi connectivity index (χ0) is 18.1. The highest BCUT2D eigenvalue weighted by Crippen LogP contribution is 2.41. The molecule has 0 saturated carbocycles. The Kier molecular flexibility index (Phi) is 4.26. The second-order valence-electron chi connectivity index (χ2n) is 5.59. The molecule has 7 heteroatoms. The first-order chi connectivity index (χ1) is 12.6. The third kappa shape index (κ3) is 3.11. The fourth-order valence-corrected chi connectivity index (χ4v) is 2.79. The van der Waals surface area contributed by atoms with Gasteiger partial charge >= 0.3 is 5.97 Å². The van der Waals surface area contributed by atoms with Crippen molar-refractivity contribution in [2.75, 3.05) is 20.3 Å². The lowest BCUT2D eigenvalue weighted by Crippen LogP contribution is -2.16. The SMILES string of the molecule is COc1cc(C=C2N=C(c3ccc(Cl)cc3)OC2=O)cc2c1OCCO2. The van der Waals surface area contributed by atoms with Crippen molar-refractivity contribution in [2.45, 2.75) is 0 Å². The van der Waals surface area contributed by atoms with E-state index in [9.17, 15) is 4.79 Å². The van der Waals surface area contributed by atoms with Gasteiger partial charge < -0.3 is 18.9 Å². The Morgan fingerprint density at radius 1 is 1.15 bits per heavy atom. The molecule has 0 amide bonds. The van der Waals surface area contributed by atoms with Gasteiger partial charge in [-0.3, -0.25) is 0 Å². The molecule has 0 radical (unpaired) electrons. The average molecular weight is 372 g/mol. The minimum absolute atomic E-state index is 0.189. The fraction of sp³-hybridized carbons (Fsp3) is 0.158. The van der Waals surface area contributed by atoms with Crippen LogP contribution in [0.4, 0.5) is 0 Å². The molecule has 0 unspecified atom stereocenters. The minimum atomic E-state index is -0.524. The van der Waals surface area contributed by atoms with Gasteiger partial charge in [0.1, 0.15) is 13.2 Å². The van der Waals surface area contributed by atoms with Crippen molar-refractivity contribution in [3.05, 3.63) is 58.2 Å². The Balaban J connectivity index is 1.69. The summed E-state index contributed by atoms with van der Waals surface area (Å²) in [4.78, 5) is 16.4. The van der Waals surface area contributed by atoms with Crippen molar-refractivity contribution in [2.24, 2.45) is 4.99 Å². The monoisotopic (exact) mass is 371 g/mol. The molecule has 2 aromatic carbocycles. The lowest BCUT2D eigenvalue weighted by molar-refractivity contribution is -0.129. The maximum absolute atomic E-state index is 12.2. The van der Waals surface area contributed by atoms with E-state index in [0.29, 0.717) is 46.6 Å². The third-order valence-electron chi connectivity index (χ3n) is 3.87. The number of rotatable bonds is 3.